The Morgan fingerprint density at radius 3 is 0.983 bits per heavy atom. The summed E-state index contributed by atoms with van der Waals surface area (Å²) in [5, 5.41) is 0. The molecule has 0 heterocycles. The molecular formula is C52H100O6. The molecule has 0 aliphatic heterocycles. The van der Waals surface area contributed by atoms with E-state index in [0.29, 0.717) is 19.3 Å². The van der Waals surface area contributed by atoms with Gasteiger partial charge in [0, 0.05) is 19.3 Å². The number of hydrogen-bond acceptors (Lipinski definition) is 6. The maximum atomic E-state index is 12.7. The Bertz CT molecular complexity index is 887. The van der Waals surface area contributed by atoms with Crippen LogP contribution in [0.1, 0.15) is 285 Å². The van der Waals surface area contributed by atoms with Crippen molar-refractivity contribution in [3.8, 4) is 0 Å². The van der Waals surface area contributed by atoms with Crippen LogP contribution in [0.15, 0.2) is 0 Å². The molecule has 0 fully saturated rings. The number of carbonyl (C=O) groups is 3. The average Bonchev–Trinajstić information content (AvgIpc) is 3.21. The smallest absolute Gasteiger partial charge is 0.306 e. The Balaban J connectivity index is 4.26. The highest BCUT2D eigenvalue weighted by Gasteiger charge is 2.19. The topological polar surface area (TPSA) is 78.9 Å². The third-order valence-electron chi connectivity index (χ3n) is 12.1. The zero-order chi connectivity index (χ0) is 42.6. The molecule has 0 aromatic rings. The Morgan fingerprint density at radius 1 is 0.362 bits per heavy atom. The van der Waals surface area contributed by atoms with Gasteiger partial charge in [-0.25, -0.2) is 0 Å². The molecule has 0 aromatic heterocycles. The summed E-state index contributed by atoms with van der Waals surface area (Å²) < 4.78 is 16.8. The minimum absolute atomic E-state index is 0.0640. The molecule has 344 valence electrons. The van der Waals surface area contributed by atoms with E-state index >= 15 is 0 Å². The summed E-state index contributed by atoms with van der Waals surface area (Å²) in [5.41, 5.74) is 0. The molecule has 0 amide bonds. The highest BCUT2D eigenvalue weighted by Crippen LogP contribution is 2.18. The minimum Gasteiger partial charge on any atom is -0.462 e. The summed E-state index contributed by atoms with van der Waals surface area (Å²) >= 11 is 0. The maximum Gasteiger partial charge on any atom is 0.306 e. The summed E-state index contributed by atoms with van der Waals surface area (Å²) in [6.07, 6.45) is 45.1. The number of ether oxygens (including phenoxy) is 3. The second kappa shape index (κ2) is 44.9. The SMILES string of the molecule is CCCCCCCCCCCCCC(=O)O[C@@H](COC(=O)CCCCCCCCCCCCCCCCC(C)CC)COC(=O)CCCCCCCCCCC(C)C. The quantitative estimate of drug-likeness (QED) is 0.0346. The molecule has 1 unspecified atom stereocenters. The molecule has 2 atom stereocenters. The summed E-state index contributed by atoms with van der Waals surface area (Å²) in [6.45, 7) is 11.4. The summed E-state index contributed by atoms with van der Waals surface area (Å²) in [7, 11) is 0. The largest absolute Gasteiger partial charge is 0.462 e. The van der Waals surface area contributed by atoms with Gasteiger partial charge in [-0.1, -0.05) is 247 Å². The van der Waals surface area contributed by atoms with Crippen LogP contribution >= 0.6 is 0 Å². The van der Waals surface area contributed by atoms with Gasteiger partial charge < -0.3 is 14.2 Å². The monoisotopic (exact) mass is 821 g/mol. The van der Waals surface area contributed by atoms with Gasteiger partial charge in [-0.15, -0.1) is 0 Å². The second-order valence-electron chi connectivity index (χ2n) is 18.5. The van der Waals surface area contributed by atoms with E-state index in [-0.39, 0.29) is 31.1 Å². The van der Waals surface area contributed by atoms with Crippen LogP contribution in [-0.2, 0) is 28.6 Å². The predicted molar refractivity (Wildman–Crippen MR) is 247 cm³/mol. The van der Waals surface area contributed by atoms with Crippen molar-refractivity contribution in [2.24, 2.45) is 11.8 Å². The van der Waals surface area contributed by atoms with E-state index in [1.165, 1.54) is 173 Å². The number of unbranched alkanes of at least 4 members (excludes halogenated alkanes) is 30. The fourth-order valence-electron chi connectivity index (χ4n) is 7.78. The van der Waals surface area contributed by atoms with Gasteiger partial charge in [0.25, 0.3) is 0 Å². The Kier molecular flexibility index (Phi) is 43.7. The summed E-state index contributed by atoms with van der Waals surface area (Å²) in [6, 6.07) is 0. The summed E-state index contributed by atoms with van der Waals surface area (Å²) in [5.74, 6) is 0.841. The van der Waals surface area contributed by atoms with E-state index in [9.17, 15) is 14.4 Å². The zero-order valence-corrected chi connectivity index (χ0v) is 39.7. The molecule has 0 N–H and O–H groups in total. The first kappa shape index (κ1) is 56.4. The van der Waals surface area contributed by atoms with Crippen LogP contribution in [0.4, 0.5) is 0 Å². The lowest BCUT2D eigenvalue weighted by molar-refractivity contribution is -0.167. The van der Waals surface area contributed by atoms with E-state index in [2.05, 4.69) is 34.6 Å². The first-order valence-electron chi connectivity index (χ1n) is 25.8. The lowest BCUT2D eigenvalue weighted by Gasteiger charge is -2.18. The minimum atomic E-state index is -0.761. The van der Waals surface area contributed by atoms with Crippen molar-refractivity contribution in [3.63, 3.8) is 0 Å². The fourth-order valence-corrected chi connectivity index (χ4v) is 7.78. The van der Waals surface area contributed by atoms with Gasteiger partial charge in [-0.3, -0.25) is 14.4 Å². The van der Waals surface area contributed by atoms with E-state index in [4.69, 9.17) is 14.2 Å². The van der Waals surface area contributed by atoms with Crippen LogP contribution in [0.5, 0.6) is 0 Å². The number of esters is 3. The molecule has 0 aliphatic rings. The molecule has 0 bridgehead atoms. The molecule has 6 heteroatoms. The van der Waals surface area contributed by atoms with Gasteiger partial charge in [-0.05, 0) is 31.1 Å². The Labute approximate surface area is 361 Å². The third kappa shape index (κ3) is 44.0. The number of hydrogen-bond donors (Lipinski definition) is 0. The van der Waals surface area contributed by atoms with Crippen LogP contribution in [0.3, 0.4) is 0 Å². The molecule has 58 heavy (non-hydrogen) atoms. The number of carbonyl (C=O) groups excluding carboxylic acids is 3. The van der Waals surface area contributed by atoms with Crippen molar-refractivity contribution in [2.45, 2.75) is 291 Å². The molecule has 0 aromatic carbocycles. The highest BCUT2D eigenvalue weighted by atomic mass is 16.6. The Morgan fingerprint density at radius 2 is 0.655 bits per heavy atom. The molecule has 0 radical (unpaired) electrons. The lowest BCUT2D eigenvalue weighted by Crippen LogP contribution is -2.30. The van der Waals surface area contributed by atoms with Crippen LogP contribution in [0, 0.1) is 11.8 Å². The zero-order valence-electron chi connectivity index (χ0n) is 39.7. The van der Waals surface area contributed by atoms with Crippen LogP contribution in [0.25, 0.3) is 0 Å². The average molecular weight is 821 g/mol. The molecule has 0 saturated heterocycles. The van der Waals surface area contributed by atoms with Gasteiger partial charge in [0.2, 0.25) is 0 Å². The maximum absolute atomic E-state index is 12.7. The predicted octanol–water partition coefficient (Wildman–Crippen LogP) is 16.5. The van der Waals surface area contributed by atoms with Crippen molar-refractivity contribution < 1.29 is 28.6 Å². The third-order valence-corrected chi connectivity index (χ3v) is 12.1. The Hall–Kier alpha value is -1.59. The molecule has 0 spiro atoms. The van der Waals surface area contributed by atoms with Crippen LogP contribution in [-0.4, -0.2) is 37.2 Å². The van der Waals surface area contributed by atoms with Crippen molar-refractivity contribution in [1.82, 2.24) is 0 Å². The molecule has 6 nitrogen and oxygen atoms in total. The van der Waals surface area contributed by atoms with Gasteiger partial charge in [0.1, 0.15) is 13.2 Å². The van der Waals surface area contributed by atoms with Crippen molar-refractivity contribution in [3.05, 3.63) is 0 Å². The van der Waals surface area contributed by atoms with Gasteiger partial charge in [0.15, 0.2) is 6.10 Å². The van der Waals surface area contributed by atoms with E-state index in [1.54, 1.807) is 0 Å². The van der Waals surface area contributed by atoms with Gasteiger partial charge >= 0.3 is 17.9 Å². The van der Waals surface area contributed by atoms with Crippen LogP contribution in [0.2, 0.25) is 0 Å². The summed E-state index contributed by atoms with van der Waals surface area (Å²) in [4.78, 5) is 37.9. The van der Waals surface area contributed by atoms with Crippen molar-refractivity contribution >= 4 is 17.9 Å². The van der Waals surface area contributed by atoms with Crippen molar-refractivity contribution in [1.29, 1.82) is 0 Å². The van der Waals surface area contributed by atoms with Gasteiger partial charge in [-0.2, -0.15) is 0 Å². The lowest BCUT2D eigenvalue weighted by atomic mass is 9.99. The van der Waals surface area contributed by atoms with E-state index in [1.807, 2.05) is 0 Å². The molecule has 0 aliphatic carbocycles. The highest BCUT2D eigenvalue weighted by molar-refractivity contribution is 5.71. The molecule has 0 rings (SSSR count). The van der Waals surface area contributed by atoms with E-state index in [0.717, 1.165) is 69.6 Å². The first-order chi connectivity index (χ1) is 28.3. The van der Waals surface area contributed by atoms with E-state index < -0.39 is 6.10 Å². The number of rotatable bonds is 46. The molecular weight excluding hydrogens is 721 g/mol. The standard InChI is InChI=1S/C52H100O6/c1-6-8-9-10-11-12-17-22-29-34-39-44-52(55)58-49(46-57-51(54)43-38-33-28-24-23-25-30-35-40-47(3)4)45-56-50(53)42-37-32-27-21-19-16-14-13-15-18-20-26-31-36-41-48(5)7-2/h47-49H,6-46H2,1-5H3/t48?,49-/m0/s1. The van der Waals surface area contributed by atoms with Gasteiger partial charge in [0.05, 0.1) is 0 Å². The first-order valence-corrected chi connectivity index (χ1v) is 25.8. The fraction of sp³-hybridized carbons (Fsp3) is 0.942. The van der Waals surface area contributed by atoms with Crippen LogP contribution < -0.4 is 0 Å². The van der Waals surface area contributed by atoms with Crippen molar-refractivity contribution in [2.75, 3.05) is 13.2 Å². The molecule has 0 saturated carbocycles. The normalized spacial score (nSPS) is 12.5. The second-order valence-corrected chi connectivity index (χ2v) is 18.5.